The molecule has 2 heterocycles. The summed E-state index contributed by atoms with van der Waals surface area (Å²) in [5.74, 6) is 1.78. The Hall–Kier alpha value is -4.63. The molecule has 9 heteroatoms. The molecule has 196 valence electrons. The average molecular weight is 540 g/mol. The van der Waals surface area contributed by atoms with Gasteiger partial charge in [0.15, 0.2) is 17.2 Å². The van der Waals surface area contributed by atoms with Gasteiger partial charge >= 0.3 is 10.1 Å². The average Bonchev–Trinajstić information content (AvgIpc) is 3.33. The van der Waals surface area contributed by atoms with Gasteiger partial charge in [0.2, 0.25) is 0 Å². The zero-order valence-electron chi connectivity index (χ0n) is 21.8. The highest BCUT2D eigenvalue weighted by atomic mass is 32.2. The number of ether oxygens (including phenoxy) is 2. The molecular formula is C30H25N3O5S. The summed E-state index contributed by atoms with van der Waals surface area (Å²) in [6, 6.07) is 21.9. The Morgan fingerprint density at radius 1 is 0.821 bits per heavy atom. The number of aryl methyl sites for hydroxylation is 1. The van der Waals surface area contributed by atoms with E-state index in [0.717, 1.165) is 50.1 Å². The first-order valence-electron chi connectivity index (χ1n) is 12.2. The summed E-state index contributed by atoms with van der Waals surface area (Å²) >= 11 is 0. The normalized spacial score (nSPS) is 11.8. The first kappa shape index (κ1) is 24.7. The van der Waals surface area contributed by atoms with E-state index >= 15 is 0 Å². The van der Waals surface area contributed by atoms with Crippen LogP contribution in [0.5, 0.6) is 17.2 Å². The van der Waals surface area contributed by atoms with Crippen LogP contribution in [0.4, 0.5) is 0 Å². The van der Waals surface area contributed by atoms with E-state index in [1.54, 1.807) is 26.5 Å². The standard InChI is InChI=1S/C30H25N3O5S/c1-18-15-19(16-25(36-2)29(18)37-3)33-28-23-12-8-6-10-21(23)20-9-5-7-11-22(20)27(28)32-30(33)24-13-14-31-17-26(24)38-39(4,34)35/h5-17H,1-4H3. The molecule has 0 atom stereocenters. The van der Waals surface area contributed by atoms with E-state index in [0.29, 0.717) is 22.9 Å². The molecule has 6 rings (SSSR count). The van der Waals surface area contributed by atoms with Crippen LogP contribution in [0, 0.1) is 6.92 Å². The quantitative estimate of drug-likeness (QED) is 0.188. The number of hydrogen-bond acceptors (Lipinski definition) is 7. The highest BCUT2D eigenvalue weighted by molar-refractivity contribution is 7.86. The molecule has 0 saturated carbocycles. The van der Waals surface area contributed by atoms with Crippen LogP contribution in [0.3, 0.4) is 0 Å². The number of benzene rings is 4. The summed E-state index contributed by atoms with van der Waals surface area (Å²) in [4.78, 5) is 9.26. The largest absolute Gasteiger partial charge is 0.493 e. The lowest BCUT2D eigenvalue weighted by molar-refractivity contribution is 0.353. The number of fused-ring (bicyclic) bond motifs is 6. The lowest BCUT2D eigenvalue weighted by Crippen LogP contribution is -2.08. The molecule has 0 saturated heterocycles. The van der Waals surface area contributed by atoms with Gasteiger partial charge in [-0.15, -0.1) is 0 Å². The van der Waals surface area contributed by atoms with E-state index < -0.39 is 10.1 Å². The number of nitrogens with zero attached hydrogens (tertiary/aromatic N) is 3. The number of rotatable bonds is 6. The number of pyridine rings is 1. The fraction of sp³-hybridized carbons (Fsp3) is 0.133. The van der Waals surface area contributed by atoms with Crippen molar-refractivity contribution in [3.05, 3.63) is 84.7 Å². The maximum atomic E-state index is 12.2. The maximum absolute atomic E-state index is 12.2. The number of imidazole rings is 1. The van der Waals surface area contributed by atoms with Gasteiger partial charge < -0.3 is 13.7 Å². The van der Waals surface area contributed by atoms with E-state index in [9.17, 15) is 8.42 Å². The topological polar surface area (TPSA) is 92.5 Å². The number of hydrogen-bond donors (Lipinski definition) is 0. The Bertz CT molecular complexity index is 2020. The molecule has 6 aromatic rings. The predicted molar refractivity (Wildman–Crippen MR) is 153 cm³/mol. The van der Waals surface area contributed by atoms with Crippen molar-refractivity contribution in [2.75, 3.05) is 20.5 Å². The molecule has 0 bridgehead atoms. The monoisotopic (exact) mass is 539 g/mol. The molecule has 0 unspecified atom stereocenters. The highest BCUT2D eigenvalue weighted by Crippen LogP contribution is 2.42. The molecule has 0 spiro atoms. The van der Waals surface area contributed by atoms with E-state index in [-0.39, 0.29) is 5.75 Å². The minimum absolute atomic E-state index is 0.0855. The van der Waals surface area contributed by atoms with E-state index in [2.05, 4.69) is 23.2 Å². The van der Waals surface area contributed by atoms with Crippen molar-refractivity contribution in [1.82, 2.24) is 14.5 Å². The van der Waals surface area contributed by atoms with Crippen molar-refractivity contribution >= 4 is 42.7 Å². The van der Waals surface area contributed by atoms with Crippen molar-refractivity contribution in [3.8, 4) is 34.3 Å². The summed E-state index contributed by atoms with van der Waals surface area (Å²) in [5.41, 5.74) is 3.76. The summed E-state index contributed by atoms with van der Waals surface area (Å²) in [7, 11) is -0.624. The molecule has 0 fully saturated rings. The van der Waals surface area contributed by atoms with Gasteiger partial charge in [-0.1, -0.05) is 48.5 Å². The first-order chi connectivity index (χ1) is 18.8. The molecule has 0 aliphatic heterocycles. The van der Waals surface area contributed by atoms with E-state index in [4.69, 9.17) is 18.6 Å². The molecule has 0 aliphatic rings. The van der Waals surface area contributed by atoms with Crippen molar-refractivity contribution in [3.63, 3.8) is 0 Å². The van der Waals surface area contributed by atoms with Crippen LogP contribution in [0.2, 0.25) is 0 Å². The highest BCUT2D eigenvalue weighted by Gasteiger charge is 2.24. The number of methoxy groups -OCH3 is 2. The minimum Gasteiger partial charge on any atom is -0.493 e. The maximum Gasteiger partial charge on any atom is 0.306 e. The molecule has 0 aliphatic carbocycles. The smallest absolute Gasteiger partial charge is 0.306 e. The van der Waals surface area contributed by atoms with Crippen LogP contribution >= 0.6 is 0 Å². The van der Waals surface area contributed by atoms with E-state index in [1.165, 1.54) is 6.20 Å². The van der Waals surface area contributed by atoms with Gasteiger partial charge in [-0.05, 0) is 35.4 Å². The van der Waals surface area contributed by atoms with Crippen LogP contribution in [-0.2, 0) is 10.1 Å². The molecule has 0 radical (unpaired) electrons. The molecule has 0 N–H and O–H groups in total. The molecule has 4 aromatic carbocycles. The molecule has 8 nitrogen and oxygen atoms in total. The van der Waals surface area contributed by atoms with Crippen LogP contribution in [0.1, 0.15) is 5.56 Å². The van der Waals surface area contributed by atoms with Gasteiger partial charge in [-0.2, -0.15) is 8.42 Å². The summed E-state index contributed by atoms with van der Waals surface area (Å²) < 4.78 is 43.0. The second-order valence-corrected chi connectivity index (χ2v) is 10.8. The second kappa shape index (κ2) is 9.28. The fourth-order valence-electron chi connectivity index (χ4n) is 5.20. The Labute approximate surface area is 225 Å². The van der Waals surface area contributed by atoms with Crippen molar-refractivity contribution in [1.29, 1.82) is 0 Å². The van der Waals surface area contributed by atoms with Crippen LogP contribution in [0.25, 0.3) is 49.7 Å². The second-order valence-electron chi connectivity index (χ2n) is 9.22. The van der Waals surface area contributed by atoms with Gasteiger partial charge in [-0.25, -0.2) is 4.98 Å². The molecule has 39 heavy (non-hydrogen) atoms. The summed E-state index contributed by atoms with van der Waals surface area (Å²) in [5, 5.41) is 4.12. The summed E-state index contributed by atoms with van der Waals surface area (Å²) in [6.45, 7) is 1.95. The van der Waals surface area contributed by atoms with Gasteiger partial charge in [0.05, 0.1) is 49.0 Å². The van der Waals surface area contributed by atoms with Gasteiger partial charge in [0.25, 0.3) is 0 Å². The molecule has 0 amide bonds. The third-order valence-corrected chi connectivity index (χ3v) is 7.19. The van der Waals surface area contributed by atoms with Crippen LogP contribution in [0.15, 0.2) is 79.1 Å². The molecular weight excluding hydrogens is 514 g/mol. The molecule has 2 aromatic heterocycles. The Kier molecular flexibility index (Phi) is 5.88. The first-order valence-corrected chi connectivity index (χ1v) is 14.0. The van der Waals surface area contributed by atoms with Crippen molar-refractivity contribution in [2.45, 2.75) is 6.92 Å². The summed E-state index contributed by atoms with van der Waals surface area (Å²) in [6.07, 6.45) is 3.98. The van der Waals surface area contributed by atoms with Crippen LogP contribution < -0.4 is 13.7 Å². The van der Waals surface area contributed by atoms with Crippen molar-refractivity contribution < 1.29 is 22.1 Å². The van der Waals surface area contributed by atoms with Crippen LogP contribution in [-0.4, -0.2) is 43.4 Å². The predicted octanol–water partition coefficient (Wildman–Crippen LogP) is 6.06. The SMILES string of the molecule is COc1cc(-n2c(-c3ccncc3OS(C)(=O)=O)nc3c4ccccc4c4ccccc4c32)cc(C)c1OC. The lowest BCUT2D eigenvalue weighted by Gasteiger charge is -2.17. The Morgan fingerprint density at radius 3 is 2.15 bits per heavy atom. The van der Waals surface area contributed by atoms with Crippen molar-refractivity contribution in [2.24, 2.45) is 0 Å². The Balaban J connectivity index is 1.83. The van der Waals surface area contributed by atoms with E-state index in [1.807, 2.05) is 54.0 Å². The fourth-order valence-corrected chi connectivity index (χ4v) is 5.66. The lowest BCUT2D eigenvalue weighted by atomic mass is 10.00. The third-order valence-electron chi connectivity index (χ3n) is 6.71. The van der Waals surface area contributed by atoms with Gasteiger partial charge in [-0.3, -0.25) is 9.55 Å². The van der Waals surface area contributed by atoms with Gasteiger partial charge in [0, 0.05) is 23.0 Å². The number of aromatic nitrogens is 3. The van der Waals surface area contributed by atoms with Gasteiger partial charge in [0.1, 0.15) is 5.82 Å². The zero-order chi connectivity index (χ0) is 27.3. The zero-order valence-corrected chi connectivity index (χ0v) is 22.6. The third kappa shape index (κ3) is 4.11. The minimum atomic E-state index is -3.82. The Morgan fingerprint density at radius 2 is 1.49 bits per heavy atom.